The van der Waals surface area contributed by atoms with Crippen LogP contribution in [0.4, 0.5) is 0 Å². The maximum atomic E-state index is 11.2. The number of Topliss-reactive ketones (excluding diaryl/α,β-unsaturated/α-hetero) is 1. The first-order valence-electron chi connectivity index (χ1n) is 5.12. The second-order valence-corrected chi connectivity index (χ2v) is 4.20. The van der Waals surface area contributed by atoms with Crippen LogP contribution in [-0.2, 0) is 11.3 Å². The van der Waals surface area contributed by atoms with E-state index in [9.17, 15) is 4.79 Å². The van der Waals surface area contributed by atoms with Crippen LogP contribution in [0.3, 0.4) is 0 Å². The summed E-state index contributed by atoms with van der Waals surface area (Å²) in [6.07, 6.45) is 1.61. The van der Waals surface area contributed by atoms with Crippen LogP contribution in [0.5, 0.6) is 0 Å². The van der Waals surface area contributed by atoms with Crippen molar-refractivity contribution in [3.8, 4) is 0 Å². The molecule has 0 saturated heterocycles. The first kappa shape index (κ1) is 10.3. The fourth-order valence-corrected chi connectivity index (χ4v) is 1.91. The van der Waals surface area contributed by atoms with Gasteiger partial charge >= 0.3 is 0 Å². The minimum Gasteiger partial charge on any atom is -0.375 e. The van der Waals surface area contributed by atoms with Gasteiger partial charge in [-0.2, -0.15) is 0 Å². The van der Waals surface area contributed by atoms with E-state index in [1.54, 1.807) is 0 Å². The molecule has 1 aliphatic carbocycles. The number of nitrogens with one attached hydrogen (secondary N) is 1. The van der Waals surface area contributed by atoms with Crippen LogP contribution in [0.1, 0.15) is 18.4 Å². The molecule has 0 bridgehead atoms. The Labute approximate surface area is 94.7 Å². The SMILES string of the molecule is O=C1CCC1C(=S)NCc1ccccc1. The lowest BCUT2D eigenvalue weighted by atomic mass is 9.83. The zero-order valence-electron chi connectivity index (χ0n) is 8.40. The van der Waals surface area contributed by atoms with Gasteiger partial charge in [0.05, 0.1) is 10.9 Å². The van der Waals surface area contributed by atoms with Crippen LogP contribution in [-0.4, -0.2) is 10.8 Å². The lowest BCUT2D eigenvalue weighted by molar-refractivity contribution is -0.126. The number of carbonyl (C=O) groups is 1. The Kier molecular flexibility index (Phi) is 3.11. The zero-order valence-corrected chi connectivity index (χ0v) is 9.22. The molecule has 0 heterocycles. The van der Waals surface area contributed by atoms with Gasteiger partial charge in [-0.3, -0.25) is 4.79 Å². The van der Waals surface area contributed by atoms with Crippen LogP contribution >= 0.6 is 12.2 Å². The Morgan fingerprint density at radius 1 is 1.40 bits per heavy atom. The van der Waals surface area contributed by atoms with Crippen molar-refractivity contribution in [2.24, 2.45) is 5.92 Å². The quantitative estimate of drug-likeness (QED) is 0.789. The Morgan fingerprint density at radius 2 is 2.13 bits per heavy atom. The van der Waals surface area contributed by atoms with Crippen molar-refractivity contribution in [2.75, 3.05) is 0 Å². The minimum absolute atomic E-state index is 0.0105. The molecule has 2 rings (SSSR count). The molecule has 1 fully saturated rings. The van der Waals surface area contributed by atoms with Crippen molar-refractivity contribution in [1.82, 2.24) is 5.32 Å². The standard InChI is InChI=1S/C12H13NOS/c14-11-7-6-10(11)12(15)13-8-9-4-2-1-3-5-9/h1-5,10H,6-8H2,(H,13,15). The molecular formula is C12H13NOS. The van der Waals surface area contributed by atoms with Crippen LogP contribution < -0.4 is 5.32 Å². The zero-order chi connectivity index (χ0) is 10.7. The van der Waals surface area contributed by atoms with Crippen LogP contribution in [0.25, 0.3) is 0 Å². The van der Waals surface area contributed by atoms with Gasteiger partial charge in [-0.25, -0.2) is 0 Å². The molecule has 0 radical (unpaired) electrons. The second-order valence-electron chi connectivity index (χ2n) is 3.76. The van der Waals surface area contributed by atoms with Gasteiger partial charge in [0, 0.05) is 13.0 Å². The summed E-state index contributed by atoms with van der Waals surface area (Å²) in [6, 6.07) is 10.1. The summed E-state index contributed by atoms with van der Waals surface area (Å²) in [5.74, 6) is 0.268. The number of carbonyl (C=O) groups excluding carboxylic acids is 1. The van der Waals surface area contributed by atoms with Crippen LogP contribution in [0, 0.1) is 5.92 Å². The van der Waals surface area contributed by atoms with Crippen LogP contribution in [0.2, 0.25) is 0 Å². The summed E-state index contributed by atoms with van der Waals surface area (Å²) >= 11 is 5.17. The molecule has 1 saturated carbocycles. The second kappa shape index (κ2) is 4.53. The number of hydrogen-bond acceptors (Lipinski definition) is 2. The lowest BCUT2D eigenvalue weighted by Crippen LogP contribution is -2.39. The number of thiocarbonyl (C=S) groups is 1. The number of hydrogen-bond donors (Lipinski definition) is 1. The first-order chi connectivity index (χ1) is 7.27. The van der Waals surface area contributed by atoms with E-state index >= 15 is 0 Å². The van der Waals surface area contributed by atoms with E-state index in [0.29, 0.717) is 18.0 Å². The van der Waals surface area contributed by atoms with E-state index in [4.69, 9.17) is 12.2 Å². The molecule has 1 atom stereocenters. The van der Waals surface area contributed by atoms with E-state index in [2.05, 4.69) is 5.32 Å². The van der Waals surface area contributed by atoms with Crippen molar-refractivity contribution < 1.29 is 4.79 Å². The van der Waals surface area contributed by atoms with Crippen molar-refractivity contribution in [1.29, 1.82) is 0 Å². The predicted octanol–water partition coefficient (Wildman–Crippen LogP) is 2.08. The van der Waals surface area contributed by atoms with Gasteiger partial charge in [-0.05, 0) is 12.0 Å². The summed E-state index contributed by atoms with van der Waals surface area (Å²) in [6.45, 7) is 0.712. The molecule has 0 spiro atoms. The highest BCUT2D eigenvalue weighted by Gasteiger charge is 2.31. The molecule has 1 aromatic rings. The third-order valence-corrected chi connectivity index (χ3v) is 3.12. The van der Waals surface area contributed by atoms with E-state index < -0.39 is 0 Å². The number of ketones is 1. The van der Waals surface area contributed by atoms with Crippen molar-refractivity contribution in [2.45, 2.75) is 19.4 Å². The average Bonchev–Trinajstić information content (AvgIpc) is 2.26. The van der Waals surface area contributed by atoms with Gasteiger partial charge in [-0.15, -0.1) is 0 Å². The first-order valence-corrected chi connectivity index (χ1v) is 5.52. The minimum atomic E-state index is -0.0105. The van der Waals surface area contributed by atoms with Gasteiger partial charge in [0.15, 0.2) is 0 Å². The van der Waals surface area contributed by atoms with Gasteiger partial charge in [0.2, 0.25) is 0 Å². The maximum Gasteiger partial charge on any atom is 0.142 e. The normalized spacial score (nSPS) is 19.5. The van der Waals surface area contributed by atoms with E-state index in [1.165, 1.54) is 5.56 Å². The van der Waals surface area contributed by atoms with Crippen molar-refractivity contribution >= 4 is 23.0 Å². The lowest BCUT2D eigenvalue weighted by Gasteiger charge is -2.25. The van der Waals surface area contributed by atoms with Crippen molar-refractivity contribution in [3.05, 3.63) is 35.9 Å². The Bertz CT molecular complexity index is 374. The van der Waals surface area contributed by atoms with Crippen LogP contribution in [0.15, 0.2) is 30.3 Å². The Hall–Kier alpha value is -1.22. The molecule has 1 aliphatic rings. The van der Waals surface area contributed by atoms with Crippen molar-refractivity contribution in [3.63, 3.8) is 0 Å². The highest BCUT2D eigenvalue weighted by atomic mass is 32.1. The smallest absolute Gasteiger partial charge is 0.142 e. The Balaban J connectivity index is 1.83. The number of benzene rings is 1. The van der Waals surface area contributed by atoms with Gasteiger partial charge in [0.25, 0.3) is 0 Å². The summed E-state index contributed by atoms with van der Waals surface area (Å²) in [5, 5.41) is 3.14. The molecule has 0 aromatic heterocycles. The molecule has 0 aliphatic heterocycles. The highest BCUT2D eigenvalue weighted by molar-refractivity contribution is 7.80. The average molecular weight is 219 g/mol. The van der Waals surface area contributed by atoms with Gasteiger partial charge in [-0.1, -0.05) is 42.5 Å². The van der Waals surface area contributed by atoms with E-state index in [1.807, 2.05) is 30.3 Å². The van der Waals surface area contributed by atoms with Gasteiger partial charge < -0.3 is 5.32 Å². The molecule has 1 aromatic carbocycles. The summed E-state index contributed by atoms with van der Waals surface area (Å²) in [7, 11) is 0. The summed E-state index contributed by atoms with van der Waals surface area (Å²) < 4.78 is 0. The molecule has 0 amide bonds. The molecule has 2 nitrogen and oxygen atoms in total. The highest BCUT2D eigenvalue weighted by Crippen LogP contribution is 2.23. The largest absolute Gasteiger partial charge is 0.375 e. The number of rotatable bonds is 3. The third kappa shape index (κ3) is 2.42. The topological polar surface area (TPSA) is 29.1 Å². The molecule has 1 N–H and O–H groups in total. The maximum absolute atomic E-state index is 11.2. The fraction of sp³-hybridized carbons (Fsp3) is 0.333. The van der Waals surface area contributed by atoms with E-state index in [-0.39, 0.29) is 11.7 Å². The van der Waals surface area contributed by atoms with E-state index in [0.717, 1.165) is 6.42 Å². The molecule has 3 heteroatoms. The fourth-order valence-electron chi connectivity index (χ4n) is 1.59. The Morgan fingerprint density at radius 3 is 2.67 bits per heavy atom. The molecule has 15 heavy (non-hydrogen) atoms. The summed E-state index contributed by atoms with van der Waals surface area (Å²) in [4.78, 5) is 11.9. The predicted molar refractivity (Wildman–Crippen MR) is 63.6 cm³/mol. The monoisotopic (exact) mass is 219 g/mol. The molecule has 1 unspecified atom stereocenters. The van der Waals surface area contributed by atoms with Gasteiger partial charge in [0.1, 0.15) is 5.78 Å². The summed E-state index contributed by atoms with van der Waals surface area (Å²) in [5.41, 5.74) is 1.19. The third-order valence-electron chi connectivity index (χ3n) is 2.69. The molecular weight excluding hydrogens is 206 g/mol. The molecule has 78 valence electrons.